The van der Waals surface area contributed by atoms with E-state index in [1.807, 2.05) is 6.08 Å². The van der Waals surface area contributed by atoms with E-state index < -0.39 is 86.8 Å². The molecule has 0 aromatic carbocycles. The summed E-state index contributed by atoms with van der Waals surface area (Å²) in [5, 5.41) is 87.1. The van der Waals surface area contributed by atoms with Crippen LogP contribution in [0.15, 0.2) is 72.9 Å². The first kappa shape index (κ1) is 73.5. The number of carbonyl (C=O) groups excluding carboxylic acids is 1. The van der Waals surface area contributed by atoms with Crippen molar-refractivity contribution < 1.29 is 64.6 Å². The van der Waals surface area contributed by atoms with Gasteiger partial charge in [0.2, 0.25) is 5.91 Å². The van der Waals surface area contributed by atoms with Gasteiger partial charge < -0.3 is 65.1 Å². The molecule has 0 aromatic rings. The topological polar surface area (TPSA) is 228 Å². The van der Waals surface area contributed by atoms with Crippen molar-refractivity contribution in [1.29, 1.82) is 0 Å². The van der Waals surface area contributed by atoms with Gasteiger partial charge in [-0.15, -0.1) is 0 Å². The molecule has 9 N–H and O–H groups in total. The number of rotatable bonds is 51. The Balaban J connectivity index is 1.67. The van der Waals surface area contributed by atoms with E-state index in [1.54, 1.807) is 6.08 Å². The van der Waals surface area contributed by atoms with E-state index in [0.29, 0.717) is 12.8 Å². The number of ether oxygens (including phenoxy) is 4. The fraction of sp³-hybridized carbons (Fsp3) is 0.803. The fourth-order valence-corrected chi connectivity index (χ4v) is 10.2. The summed E-state index contributed by atoms with van der Waals surface area (Å²) in [4.78, 5) is 13.3. The standard InChI is InChI=1S/C66H117NO13/c1-3-5-7-9-11-13-15-17-19-20-21-22-23-24-25-26-27-28-29-30-31-32-33-34-36-38-40-42-44-46-48-50-58(71)67-54(55(70)49-47-45-43-41-39-37-35-18-16-14-12-10-8-6-4-2)53-77-65-63(76)61(74)64(57(52-69)79-65)80-66-62(75)60(73)59(72)56(51-68)78-66/h5,7,11,13,17,19,21-22,39,41,47,49,54-57,59-66,68-70,72-76H,3-4,6,8-10,12,14-16,18,20,23-38,40,42-46,48,50-53H2,1-2H3,(H,67,71)/b7-5-,13-11-,19-17-,22-21-,41-39+,49-47+. The van der Waals surface area contributed by atoms with Crippen molar-refractivity contribution in [3.63, 3.8) is 0 Å². The predicted octanol–water partition coefficient (Wildman–Crippen LogP) is 11.9. The first-order chi connectivity index (χ1) is 39.1. The molecule has 2 rings (SSSR count). The molecule has 2 fully saturated rings. The molecule has 2 aliphatic rings. The van der Waals surface area contributed by atoms with Crippen molar-refractivity contribution in [2.75, 3.05) is 19.8 Å². The molecule has 14 nitrogen and oxygen atoms in total. The Morgan fingerprint density at radius 3 is 1.38 bits per heavy atom. The van der Waals surface area contributed by atoms with E-state index in [0.717, 1.165) is 57.8 Å². The molecule has 0 aromatic heterocycles. The van der Waals surface area contributed by atoms with Crippen LogP contribution in [0.1, 0.15) is 245 Å². The van der Waals surface area contributed by atoms with Crippen molar-refractivity contribution in [3.05, 3.63) is 72.9 Å². The Hall–Kier alpha value is -2.57. The summed E-state index contributed by atoms with van der Waals surface area (Å²) in [6.45, 7) is 2.67. The predicted molar refractivity (Wildman–Crippen MR) is 323 cm³/mol. The highest BCUT2D eigenvalue weighted by Gasteiger charge is 2.51. The fourth-order valence-electron chi connectivity index (χ4n) is 10.2. The van der Waals surface area contributed by atoms with Crippen LogP contribution in [-0.2, 0) is 23.7 Å². The number of hydrogen-bond acceptors (Lipinski definition) is 13. The normalized spacial score (nSPS) is 24.7. The van der Waals surface area contributed by atoms with Gasteiger partial charge >= 0.3 is 0 Å². The van der Waals surface area contributed by atoms with Gasteiger partial charge in [-0.1, -0.05) is 241 Å². The lowest BCUT2D eigenvalue weighted by Gasteiger charge is -2.46. The molecule has 14 heteroatoms. The lowest BCUT2D eigenvalue weighted by molar-refractivity contribution is -0.359. The van der Waals surface area contributed by atoms with Gasteiger partial charge in [-0.05, 0) is 70.6 Å². The number of hydrogen-bond donors (Lipinski definition) is 9. The van der Waals surface area contributed by atoms with E-state index in [2.05, 4.69) is 79.9 Å². The third-order valence-electron chi connectivity index (χ3n) is 15.4. The summed E-state index contributed by atoms with van der Waals surface area (Å²) in [7, 11) is 0. The van der Waals surface area contributed by atoms with Gasteiger partial charge in [-0.3, -0.25) is 4.79 Å². The molecule has 1 amide bonds. The number of allylic oxidation sites excluding steroid dienone is 11. The van der Waals surface area contributed by atoms with E-state index >= 15 is 0 Å². The Morgan fingerprint density at radius 1 is 0.463 bits per heavy atom. The van der Waals surface area contributed by atoms with E-state index in [1.165, 1.54) is 154 Å². The van der Waals surface area contributed by atoms with E-state index in [4.69, 9.17) is 18.9 Å². The maximum absolute atomic E-state index is 13.3. The van der Waals surface area contributed by atoms with Crippen LogP contribution in [0.2, 0.25) is 0 Å². The van der Waals surface area contributed by atoms with Crippen LogP contribution in [-0.4, -0.2) is 140 Å². The molecule has 12 atom stereocenters. The Bertz CT molecular complexity index is 1620. The van der Waals surface area contributed by atoms with Crippen molar-refractivity contribution in [2.45, 2.75) is 319 Å². The average molecular weight is 1130 g/mol. The third-order valence-corrected chi connectivity index (χ3v) is 15.4. The van der Waals surface area contributed by atoms with Crippen LogP contribution in [0.3, 0.4) is 0 Å². The largest absolute Gasteiger partial charge is 0.394 e. The molecule has 0 radical (unpaired) electrons. The van der Waals surface area contributed by atoms with E-state index in [-0.39, 0.29) is 18.9 Å². The zero-order chi connectivity index (χ0) is 58.1. The molecule has 2 aliphatic heterocycles. The second-order valence-corrected chi connectivity index (χ2v) is 22.5. The Kier molecular flexibility index (Phi) is 46.8. The number of nitrogens with one attached hydrogen (secondary N) is 1. The van der Waals surface area contributed by atoms with E-state index in [9.17, 15) is 45.6 Å². The second-order valence-electron chi connectivity index (χ2n) is 22.5. The number of amides is 1. The first-order valence-electron chi connectivity index (χ1n) is 32.2. The maximum atomic E-state index is 13.3. The summed E-state index contributed by atoms with van der Waals surface area (Å²) in [5.41, 5.74) is 0. The molecule has 0 bridgehead atoms. The minimum absolute atomic E-state index is 0.249. The molecule has 0 saturated carbocycles. The first-order valence-corrected chi connectivity index (χ1v) is 32.2. The lowest BCUT2D eigenvalue weighted by atomic mass is 9.97. The maximum Gasteiger partial charge on any atom is 0.220 e. The molecule has 0 aliphatic carbocycles. The smallest absolute Gasteiger partial charge is 0.220 e. The quantitative estimate of drug-likeness (QED) is 0.0204. The van der Waals surface area contributed by atoms with Crippen molar-refractivity contribution in [1.82, 2.24) is 5.32 Å². The molecule has 12 unspecified atom stereocenters. The number of unbranched alkanes of at least 4 members (excludes halogenated alkanes) is 28. The zero-order valence-corrected chi connectivity index (χ0v) is 50.1. The zero-order valence-electron chi connectivity index (χ0n) is 50.1. The molecule has 464 valence electrons. The van der Waals surface area contributed by atoms with Gasteiger partial charge in [0.15, 0.2) is 12.6 Å². The van der Waals surface area contributed by atoms with Gasteiger partial charge in [-0.25, -0.2) is 0 Å². The number of aliphatic hydroxyl groups excluding tert-OH is 8. The molecule has 0 spiro atoms. The molecule has 80 heavy (non-hydrogen) atoms. The van der Waals surface area contributed by atoms with Crippen molar-refractivity contribution in [3.8, 4) is 0 Å². The van der Waals surface area contributed by atoms with Crippen LogP contribution in [0.5, 0.6) is 0 Å². The van der Waals surface area contributed by atoms with Crippen LogP contribution in [0.25, 0.3) is 0 Å². The lowest BCUT2D eigenvalue weighted by Crippen LogP contribution is -2.65. The summed E-state index contributed by atoms with van der Waals surface area (Å²) in [6, 6.07) is -0.933. The highest BCUT2D eigenvalue weighted by Crippen LogP contribution is 2.30. The van der Waals surface area contributed by atoms with Gasteiger partial charge in [-0.2, -0.15) is 0 Å². The van der Waals surface area contributed by atoms with Gasteiger partial charge in [0.25, 0.3) is 0 Å². The molecular weight excluding hydrogens is 1010 g/mol. The van der Waals surface area contributed by atoms with Crippen molar-refractivity contribution in [2.24, 2.45) is 0 Å². The van der Waals surface area contributed by atoms with Gasteiger partial charge in [0.1, 0.15) is 48.8 Å². The molecular formula is C66H117NO13. The highest BCUT2D eigenvalue weighted by molar-refractivity contribution is 5.76. The van der Waals surface area contributed by atoms with Crippen LogP contribution >= 0.6 is 0 Å². The number of carbonyl (C=O) groups is 1. The minimum Gasteiger partial charge on any atom is -0.394 e. The van der Waals surface area contributed by atoms with Gasteiger partial charge in [0.05, 0.1) is 32.0 Å². The van der Waals surface area contributed by atoms with Crippen LogP contribution < -0.4 is 5.32 Å². The molecule has 2 heterocycles. The summed E-state index contributed by atoms with van der Waals surface area (Å²) in [5.74, 6) is -0.249. The number of aliphatic hydroxyl groups is 8. The highest BCUT2D eigenvalue weighted by atomic mass is 16.7. The van der Waals surface area contributed by atoms with Crippen LogP contribution in [0.4, 0.5) is 0 Å². The Morgan fingerprint density at radius 2 is 0.875 bits per heavy atom. The van der Waals surface area contributed by atoms with Gasteiger partial charge in [0, 0.05) is 6.42 Å². The van der Waals surface area contributed by atoms with Crippen molar-refractivity contribution >= 4 is 5.91 Å². The monoisotopic (exact) mass is 1130 g/mol. The summed E-state index contributed by atoms with van der Waals surface area (Å²) in [6.07, 6.45) is 51.0. The average Bonchev–Trinajstić information content (AvgIpc) is 3.46. The van der Waals surface area contributed by atoms with Crippen LogP contribution in [0, 0.1) is 0 Å². The minimum atomic E-state index is -1.79. The second kappa shape index (κ2) is 50.9. The SMILES string of the molecule is CC/C=C\C/C=C\C/C=C\C/C=C\CCCCCCCCCCCCCCCCCCCCC(=O)NC(COC1OC(CO)C(OC2OC(CO)C(O)C(O)C2O)C(O)C1O)C(O)/C=C/CC/C=C/CCCCCCCCCCC. The Labute approximate surface area is 485 Å². The molecule has 2 saturated heterocycles. The third kappa shape index (κ3) is 35.5. The summed E-state index contributed by atoms with van der Waals surface area (Å²) < 4.78 is 22.8. The summed E-state index contributed by atoms with van der Waals surface area (Å²) >= 11 is 0.